The van der Waals surface area contributed by atoms with E-state index in [2.05, 4.69) is 25.8 Å². The maximum Gasteiger partial charge on any atom is 0.257 e. The van der Waals surface area contributed by atoms with E-state index in [-0.39, 0.29) is 5.91 Å². The van der Waals surface area contributed by atoms with Crippen LogP contribution < -0.4 is 5.32 Å². The Morgan fingerprint density at radius 1 is 1.11 bits per heavy atom. The zero-order valence-electron chi connectivity index (χ0n) is 14.7. The summed E-state index contributed by atoms with van der Waals surface area (Å²) < 4.78 is 1.56. The molecule has 0 saturated heterocycles. The average molecular weight is 376 g/mol. The molecule has 0 aliphatic carbocycles. The average Bonchev–Trinajstić information content (AvgIpc) is 3.31. The number of rotatable bonds is 4. The minimum atomic E-state index is -0.225. The Morgan fingerprint density at radius 2 is 1.93 bits per heavy atom. The molecular formula is C19H16N6OS. The van der Waals surface area contributed by atoms with Gasteiger partial charge >= 0.3 is 0 Å². The van der Waals surface area contributed by atoms with Gasteiger partial charge in [0.2, 0.25) is 0 Å². The first-order chi connectivity index (χ1) is 13.1. The van der Waals surface area contributed by atoms with E-state index in [9.17, 15) is 4.79 Å². The maximum atomic E-state index is 12.6. The number of nitrogens with zero attached hydrogens (tertiary/aromatic N) is 5. The molecule has 134 valence electrons. The van der Waals surface area contributed by atoms with Crippen molar-refractivity contribution in [2.75, 3.05) is 5.32 Å². The van der Waals surface area contributed by atoms with Crippen LogP contribution in [0.5, 0.6) is 0 Å². The number of carbonyl (C=O) groups excluding carboxylic acids is 1. The normalized spacial score (nSPS) is 10.7. The molecule has 2 aromatic heterocycles. The number of aromatic nitrogens is 5. The van der Waals surface area contributed by atoms with Crippen molar-refractivity contribution in [1.82, 2.24) is 25.2 Å². The second kappa shape index (κ2) is 7.08. The lowest BCUT2D eigenvalue weighted by molar-refractivity contribution is 0.102. The quantitative estimate of drug-likeness (QED) is 0.589. The Morgan fingerprint density at radius 3 is 2.67 bits per heavy atom. The van der Waals surface area contributed by atoms with Gasteiger partial charge in [-0.25, -0.2) is 9.67 Å². The smallest absolute Gasteiger partial charge is 0.257 e. The molecule has 1 amide bonds. The number of amides is 1. The molecule has 2 heterocycles. The number of benzene rings is 2. The van der Waals surface area contributed by atoms with Gasteiger partial charge < -0.3 is 0 Å². The molecule has 0 atom stereocenters. The highest BCUT2D eigenvalue weighted by Gasteiger charge is 2.13. The number of tetrazole rings is 1. The third-order valence-electron chi connectivity index (χ3n) is 4.08. The standard InChI is InChI=1S/C19H16N6OS/c1-12-6-8-13(9-7-12)16-11-27-19(20-16)21-18(26)15-5-3-4-14(10-15)17-22-23-24-25(17)2/h3-11H,1-2H3,(H,20,21,26). The predicted octanol–water partition coefficient (Wildman–Crippen LogP) is 3.56. The molecule has 8 heteroatoms. The highest BCUT2D eigenvalue weighted by Crippen LogP contribution is 2.26. The molecule has 4 aromatic rings. The second-order valence-corrected chi connectivity index (χ2v) is 6.92. The third-order valence-corrected chi connectivity index (χ3v) is 4.83. The summed E-state index contributed by atoms with van der Waals surface area (Å²) in [6.45, 7) is 2.04. The molecule has 0 spiro atoms. The molecule has 0 radical (unpaired) electrons. The van der Waals surface area contributed by atoms with Gasteiger partial charge in [-0.2, -0.15) is 0 Å². The number of thiazole rings is 1. The molecule has 4 rings (SSSR count). The van der Waals surface area contributed by atoms with Gasteiger partial charge in [-0.05, 0) is 29.5 Å². The zero-order valence-corrected chi connectivity index (χ0v) is 15.6. The summed E-state index contributed by atoms with van der Waals surface area (Å²) in [5, 5.41) is 16.8. The van der Waals surface area contributed by atoms with E-state index >= 15 is 0 Å². The van der Waals surface area contributed by atoms with Crippen molar-refractivity contribution < 1.29 is 4.79 Å². The molecule has 0 unspecified atom stereocenters. The number of carbonyl (C=O) groups is 1. The summed E-state index contributed by atoms with van der Waals surface area (Å²) in [6, 6.07) is 15.3. The van der Waals surface area contributed by atoms with Crippen LogP contribution in [-0.2, 0) is 7.05 Å². The van der Waals surface area contributed by atoms with Gasteiger partial charge in [-0.3, -0.25) is 10.1 Å². The monoisotopic (exact) mass is 376 g/mol. The van der Waals surface area contributed by atoms with Crippen LogP contribution in [0.3, 0.4) is 0 Å². The van der Waals surface area contributed by atoms with Gasteiger partial charge in [0.05, 0.1) is 5.69 Å². The van der Waals surface area contributed by atoms with Gasteiger partial charge in [0.15, 0.2) is 11.0 Å². The summed E-state index contributed by atoms with van der Waals surface area (Å²) >= 11 is 1.40. The van der Waals surface area contributed by atoms with Gasteiger partial charge in [0, 0.05) is 29.1 Å². The molecular weight excluding hydrogens is 360 g/mol. The Balaban J connectivity index is 1.53. The van der Waals surface area contributed by atoms with Crippen LogP contribution in [0.25, 0.3) is 22.6 Å². The van der Waals surface area contributed by atoms with Gasteiger partial charge in [-0.15, -0.1) is 16.4 Å². The van der Waals surface area contributed by atoms with Crippen molar-refractivity contribution in [2.45, 2.75) is 6.92 Å². The van der Waals surface area contributed by atoms with E-state index in [0.29, 0.717) is 16.5 Å². The lowest BCUT2D eigenvalue weighted by Gasteiger charge is -2.04. The molecule has 0 fully saturated rings. The first-order valence-corrected chi connectivity index (χ1v) is 9.15. The van der Waals surface area contributed by atoms with Crippen LogP contribution in [0.15, 0.2) is 53.9 Å². The molecule has 0 bridgehead atoms. The molecule has 1 N–H and O–H groups in total. The van der Waals surface area contributed by atoms with Crippen molar-refractivity contribution >= 4 is 22.4 Å². The summed E-state index contributed by atoms with van der Waals surface area (Å²) in [5.41, 5.74) is 4.35. The van der Waals surface area contributed by atoms with Crippen LogP contribution in [0.4, 0.5) is 5.13 Å². The molecule has 2 aromatic carbocycles. The fourth-order valence-corrected chi connectivity index (χ4v) is 3.35. The number of aryl methyl sites for hydroxylation is 2. The van der Waals surface area contributed by atoms with Crippen LogP contribution in [-0.4, -0.2) is 31.1 Å². The minimum Gasteiger partial charge on any atom is -0.298 e. The van der Waals surface area contributed by atoms with Crippen molar-refractivity contribution in [3.8, 4) is 22.6 Å². The first kappa shape index (κ1) is 17.0. The fraction of sp³-hybridized carbons (Fsp3) is 0.105. The van der Waals surface area contributed by atoms with E-state index in [1.54, 1.807) is 29.9 Å². The summed E-state index contributed by atoms with van der Waals surface area (Å²) in [7, 11) is 1.75. The fourth-order valence-electron chi connectivity index (χ4n) is 2.63. The zero-order chi connectivity index (χ0) is 18.8. The molecule has 27 heavy (non-hydrogen) atoms. The van der Waals surface area contributed by atoms with Crippen LogP contribution >= 0.6 is 11.3 Å². The Bertz CT molecular complexity index is 1100. The van der Waals surface area contributed by atoms with Crippen molar-refractivity contribution in [3.05, 3.63) is 65.0 Å². The van der Waals surface area contributed by atoms with E-state index in [0.717, 1.165) is 16.8 Å². The minimum absolute atomic E-state index is 0.225. The number of nitrogens with one attached hydrogen (secondary N) is 1. The van der Waals surface area contributed by atoms with Crippen LogP contribution in [0.1, 0.15) is 15.9 Å². The van der Waals surface area contributed by atoms with Gasteiger partial charge in [0.25, 0.3) is 5.91 Å². The lowest BCUT2D eigenvalue weighted by atomic mass is 10.1. The Kier molecular flexibility index (Phi) is 4.47. The van der Waals surface area contributed by atoms with Crippen molar-refractivity contribution in [2.24, 2.45) is 7.05 Å². The van der Waals surface area contributed by atoms with Gasteiger partial charge in [-0.1, -0.05) is 42.0 Å². The number of hydrogen-bond donors (Lipinski definition) is 1. The Hall–Kier alpha value is -3.39. The van der Waals surface area contributed by atoms with Gasteiger partial charge in [0.1, 0.15) is 0 Å². The summed E-state index contributed by atoms with van der Waals surface area (Å²) in [6.07, 6.45) is 0. The van der Waals surface area contributed by atoms with Crippen molar-refractivity contribution in [3.63, 3.8) is 0 Å². The molecule has 0 saturated carbocycles. The van der Waals surface area contributed by atoms with E-state index in [1.807, 2.05) is 42.6 Å². The highest BCUT2D eigenvalue weighted by atomic mass is 32.1. The third kappa shape index (κ3) is 3.61. The molecule has 0 aliphatic rings. The van der Waals surface area contributed by atoms with Crippen molar-refractivity contribution in [1.29, 1.82) is 0 Å². The van der Waals surface area contributed by atoms with E-state index in [1.165, 1.54) is 16.9 Å². The summed E-state index contributed by atoms with van der Waals surface area (Å²) in [5.74, 6) is 0.373. The highest BCUT2D eigenvalue weighted by molar-refractivity contribution is 7.14. The lowest BCUT2D eigenvalue weighted by Crippen LogP contribution is -2.11. The molecule has 0 aliphatic heterocycles. The molecule has 7 nitrogen and oxygen atoms in total. The summed E-state index contributed by atoms with van der Waals surface area (Å²) in [4.78, 5) is 17.1. The van der Waals surface area contributed by atoms with E-state index in [4.69, 9.17) is 0 Å². The van der Waals surface area contributed by atoms with Crippen LogP contribution in [0.2, 0.25) is 0 Å². The van der Waals surface area contributed by atoms with Crippen LogP contribution in [0, 0.1) is 6.92 Å². The maximum absolute atomic E-state index is 12.6. The number of hydrogen-bond acceptors (Lipinski definition) is 6. The predicted molar refractivity (Wildman–Crippen MR) is 104 cm³/mol. The first-order valence-electron chi connectivity index (χ1n) is 8.27. The topological polar surface area (TPSA) is 85.6 Å². The second-order valence-electron chi connectivity index (χ2n) is 6.06. The number of anilines is 1. The largest absolute Gasteiger partial charge is 0.298 e. The SMILES string of the molecule is Cc1ccc(-c2csc(NC(=O)c3cccc(-c4nnnn4C)c3)n2)cc1. The van der Waals surface area contributed by atoms with E-state index < -0.39 is 0 Å². The Labute approximate surface area is 159 Å².